The zero-order valence-electron chi connectivity index (χ0n) is 12.0. The van der Waals surface area contributed by atoms with E-state index in [2.05, 4.69) is 30.7 Å². The van der Waals surface area contributed by atoms with Crippen molar-refractivity contribution < 1.29 is 14.7 Å². The predicted molar refractivity (Wildman–Crippen MR) is 81.4 cm³/mol. The number of nitrogens with one attached hydrogen (secondary N) is 2. The van der Waals surface area contributed by atoms with Crippen LogP contribution in [-0.2, 0) is 22.7 Å². The van der Waals surface area contributed by atoms with Crippen molar-refractivity contribution in [3.8, 4) is 5.75 Å². The lowest BCUT2D eigenvalue weighted by molar-refractivity contribution is -0.117. The SMILES string of the molecule is [CH2]c1c(C)c(CNC(=O)C=C)cc(CNC(=O)C=C)c1O. The summed E-state index contributed by atoms with van der Waals surface area (Å²) in [5.41, 5.74) is 2.61. The smallest absolute Gasteiger partial charge is 0.243 e. The molecule has 2 amide bonds. The highest BCUT2D eigenvalue weighted by atomic mass is 16.3. The molecule has 0 aliphatic rings. The van der Waals surface area contributed by atoms with Crippen molar-refractivity contribution in [3.05, 3.63) is 60.6 Å². The summed E-state index contributed by atoms with van der Waals surface area (Å²) in [6.45, 7) is 12.8. The van der Waals surface area contributed by atoms with Gasteiger partial charge in [0.1, 0.15) is 5.75 Å². The second-order valence-corrected chi connectivity index (χ2v) is 4.49. The summed E-state index contributed by atoms with van der Waals surface area (Å²) < 4.78 is 0. The lowest BCUT2D eigenvalue weighted by atomic mass is 9.97. The number of phenols is 1. The second kappa shape index (κ2) is 7.28. The van der Waals surface area contributed by atoms with E-state index >= 15 is 0 Å². The third-order valence-corrected chi connectivity index (χ3v) is 3.15. The molecular weight excluding hydrogens is 268 g/mol. The van der Waals surface area contributed by atoms with Crippen LogP contribution in [0.3, 0.4) is 0 Å². The van der Waals surface area contributed by atoms with Crippen LogP contribution in [-0.4, -0.2) is 16.9 Å². The number of carbonyl (C=O) groups is 2. The molecular formula is C16H19N2O3. The van der Waals surface area contributed by atoms with Gasteiger partial charge in [-0.2, -0.15) is 0 Å². The van der Waals surface area contributed by atoms with Crippen molar-refractivity contribution in [1.29, 1.82) is 0 Å². The molecule has 5 heteroatoms. The Hall–Kier alpha value is -2.56. The van der Waals surface area contributed by atoms with Crippen LogP contribution in [0.25, 0.3) is 0 Å². The lowest BCUT2D eigenvalue weighted by Gasteiger charge is -2.15. The summed E-state index contributed by atoms with van der Waals surface area (Å²) in [6, 6.07) is 1.73. The average Bonchev–Trinajstić information content (AvgIpc) is 2.50. The van der Waals surface area contributed by atoms with Crippen LogP contribution in [0.5, 0.6) is 5.75 Å². The van der Waals surface area contributed by atoms with Crippen molar-refractivity contribution in [2.24, 2.45) is 0 Å². The predicted octanol–water partition coefficient (Wildman–Crippen LogP) is 1.49. The second-order valence-electron chi connectivity index (χ2n) is 4.49. The molecule has 0 saturated heterocycles. The molecule has 0 spiro atoms. The summed E-state index contributed by atoms with van der Waals surface area (Å²) in [5.74, 6) is -0.577. The van der Waals surface area contributed by atoms with Gasteiger partial charge >= 0.3 is 0 Å². The van der Waals surface area contributed by atoms with Crippen LogP contribution in [0.1, 0.15) is 22.3 Å². The summed E-state index contributed by atoms with van der Waals surface area (Å²) >= 11 is 0. The van der Waals surface area contributed by atoms with E-state index in [4.69, 9.17) is 0 Å². The standard InChI is InChI=1S/C16H19N2O3/c1-5-14(19)17-8-12-7-13(9-18-15(20)6-2)16(21)11(4)10(12)3/h5-7,21H,1-2,4,8-9H2,3H3,(H,17,19)(H,18,20). The van der Waals surface area contributed by atoms with Gasteiger partial charge < -0.3 is 15.7 Å². The molecule has 0 unspecified atom stereocenters. The summed E-state index contributed by atoms with van der Waals surface area (Å²) in [7, 11) is 0. The number of carbonyl (C=O) groups excluding carboxylic acids is 2. The van der Waals surface area contributed by atoms with Crippen molar-refractivity contribution >= 4 is 11.8 Å². The number of aromatic hydroxyl groups is 1. The van der Waals surface area contributed by atoms with Crippen LogP contribution in [0.15, 0.2) is 31.4 Å². The molecule has 3 N–H and O–H groups in total. The van der Waals surface area contributed by atoms with Gasteiger partial charge in [-0.15, -0.1) is 0 Å². The normalized spacial score (nSPS) is 9.81. The molecule has 0 aliphatic carbocycles. The van der Waals surface area contributed by atoms with E-state index in [0.717, 1.165) is 17.2 Å². The molecule has 0 fully saturated rings. The maximum absolute atomic E-state index is 11.2. The van der Waals surface area contributed by atoms with Crippen LogP contribution in [0.4, 0.5) is 0 Å². The fraction of sp³-hybridized carbons (Fsp3) is 0.188. The highest BCUT2D eigenvalue weighted by molar-refractivity contribution is 5.87. The number of phenolic OH excluding ortho intramolecular Hbond substituents is 1. The molecule has 0 aliphatic heterocycles. The maximum Gasteiger partial charge on any atom is 0.243 e. The summed E-state index contributed by atoms with van der Waals surface area (Å²) in [4.78, 5) is 22.4. The molecule has 1 aromatic carbocycles. The molecule has 0 aromatic heterocycles. The molecule has 0 heterocycles. The molecule has 111 valence electrons. The van der Waals surface area contributed by atoms with E-state index in [1.807, 2.05) is 6.92 Å². The Morgan fingerprint density at radius 2 is 1.62 bits per heavy atom. The Kier molecular flexibility index (Phi) is 5.72. The first kappa shape index (κ1) is 16.5. The van der Waals surface area contributed by atoms with Crippen LogP contribution < -0.4 is 10.6 Å². The van der Waals surface area contributed by atoms with Crippen molar-refractivity contribution in [2.75, 3.05) is 0 Å². The van der Waals surface area contributed by atoms with Gasteiger partial charge in [0, 0.05) is 18.7 Å². The van der Waals surface area contributed by atoms with E-state index in [1.54, 1.807) is 6.07 Å². The highest BCUT2D eigenvalue weighted by Gasteiger charge is 2.12. The first-order valence-electron chi connectivity index (χ1n) is 6.37. The largest absolute Gasteiger partial charge is 0.507 e. The van der Waals surface area contributed by atoms with Crippen LogP contribution in [0.2, 0.25) is 0 Å². The maximum atomic E-state index is 11.2. The summed E-state index contributed by atoms with van der Waals surface area (Å²) in [6.07, 6.45) is 2.34. The first-order valence-corrected chi connectivity index (χ1v) is 6.37. The molecule has 0 saturated carbocycles. The van der Waals surface area contributed by atoms with E-state index < -0.39 is 0 Å². The zero-order chi connectivity index (χ0) is 16.0. The van der Waals surface area contributed by atoms with Crippen molar-refractivity contribution in [1.82, 2.24) is 10.6 Å². The lowest BCUT2D eigenvalue weighted by Crippen LogP contribution is -2.22. The quantitative estimate of drug-likeness (QED) is 0.694. The Balaban J connectivity index is 3.00. The van der Waals surface area contributed by atoms with Gasteiger partial charge in [-0.05, 0) is 48.8 Å². The summed E-state index contributed by atoms with van der Waals surface area (Å²) in [5, 5.41) is 15.3. The van der Waals surface area contributed by atoms with Gasteiger partial charge in [-0.3, -0.25) is 9.59 Å². The zero-order valence-corrected chi connectivity index (χ0v) is 12.0. The topological polar surface area (TPSA) is 78.4 Å². The molecule has 5 nitrogen and oxygen atoms in total. The van der Waals surface area contributed by atoms with Crippen molar-refractivity contribution in [3.63, 3.8) is 0 Å². The van der Waals surface area contributed by atoms with E-state index in [1.165, 1.54) is 6.08 Å². The van der Waals surface area contributed by atoms with E-state index in [-0.39, 0.29) is 24.1 Å². The Bertz CT molecular complexity index is 543. The molecule has 21 heavy (non-hydrogen) atoms. The minimum absolute atomic E-state index is 0.0376. The van der Waals surface area contributed by atoms with Gasteiger partial charge in [0.15, 0.2) is 0 Å². The first-order chi connectivity index (χ1) is 9.90. The molecule has 0 bridgehead atoms. The highest BCUT2D eigenvalue weighted by Crippen LogP contribution is 2.28. The Morgan fingerprint density at radius 1 is 1.14 bits per heavy atom. The van der Waals surface area contributed by atoms with Crippen LogP contribution in [0, 0.1) is 13.8 Å². The fourth-order valence-corrected chi connectivity index (χ4v) is 1.78. The van der Waals surface area contributed by atoms with Crippen molar-refractivity contribution in [2.45, 2.75) is 20.0 Å². The van der Waals surface area contributed by atoms with E-state index in [0.29, 0.717) is 17.7 Å². The average molecular weight is 287 g/mol. The molecule has 1 rings (SSSR count). The number of hydrogen-bond acceptors (Lipinski definition) is 3. The third-order valence-electron chi connectivity index (χ3n) is 3.15. The van der Waals surface area contributed by atoms with Gasteiger partial charge in [0.2, 0.25) is 11.8 Å². The Morgan fingerprint density at radius 3 is 2.10 bits per heavy atom. The fourth-order valence-electron chi connectivity index (χ4n) is 1.78. The number of hydrogen-bond donors (Lipinski definition) is 3. The van der Waals surface area contributed by atoms with Gasteiger partial charge in [0.25, 0.3) is 0 Å². The number of amides is 2. The number of benzene rings is 1. The Labute approximate surface area is 124 Å². The van der Waals surface area contributed by atoms with Gasteiger partial charge in [-0.25, -0.2) is 0 Å². The number of rotatable bonds is 6. The minimum atomic E-state index is -0.331. The van der Waals surface area contributed by atoms with Gasteiger partial charge in [-0.1, -0.05) is 13.2 Å². The molecule has 1 radical (unpaired) electrons. The molecule has 0 atom stereocenters. The minimum Gasteiger partial charge on any atom is -0.507 e. The monoisotopic (exact) mass is 287 g/mol. The van der Waals surface area contributed by atoms with Gasteiger partial charge in [0.05, 0.1) is 0 Å². The van der Waals surface area contributed by atoms with Crippen LogP contribution >= 0.6 is 0 Å². The van der Waals surface area contributed by atoms with E-state index in [9.17, 15) is 14.7 Å². The molecule has 1 aromatic rings. The third kappa shape index (κ3) is 4.21.